The number of halogens is 1. The second-order valence-electron chi connectivity index (χ2n) is 7.29. The molecule has 0 aliphatic carbocycles. The lowest BCUT2D eigenvalue weighted by Crippen LogP contribution is -2.13. The minimum Gasteiger partial charge on any atom is -0.395 e. The lowest BCUT2D eigenvalue weighted by Gasteiger charge is -2.09. The van der Waals surface area contributed by atoms with E-state index in [1.165, 1.54) is 5.56 Å². The van der Waals surface area contributed by atoms with Gasteiger partial charge in [-0.2, -0.15) is 0 Å². The van der Waals surface area contributed by atoms with E-state index in [9.17, 15) is 9.18 Å². The van der Waals surface area contributed by atoms with Crippen LogP contribution in [0.15, 0.2) is 66.7 Å². The van der Waals surface area contributed by atoms with Crippen molar-refractivity contribution in [2.24, 2.45) is 0 Å². The smallest absolute Gasteiger partial charge is 0.395 e. The SMILES string of the molecule is CCCCc1ccc(-c2ccc(OC(=O)Oc3ccc(CCC)cc3)cc2)c(F)c1. The van der Waals surface area contributed by atoms with E-state index >= 15 is 0 Å². The highest BCUT2D eigenvalue weighted by Crippen LogP contribution is 2.26. The molecule has 0 atom stereocenters. The number of benzene rings is 3. The van der Waals surface area contributed by atoms with Crippen LogP contribution in [0, 0.1) is 5.82 Å². The lowest BCUT2D eigenvalue weighted by molar-refractivity contribution is 0.152. The second-order valence-corrected chi connectivity index (χ2v) is 7.29. The number of unbranched alkanes of at least 4 members (excludes halogenated alkanes) is 1. The molecule has 0 fully saturated rings. The number of hydrogen-bond donors (Lipinski definition) is 0. The van der Waals surface area contributed by atoms with E-state index in [2.05, 4.69) is 13.8 Å². The largest absolute Gasteiger partial charge is 0.519 e. The Morgan fingerprint density at radius 1 is 0.767 bits per heavy atom. The molecule has 3 rings (SSSR count). The van der Waals surface area contributed by atoms with Gasteiger partial charge in [0.2, 0.25) is 0 Å². The molecule has 0 aliphatic heterocycles. The summed E-state index contributed by atoms with van der Waals surface area (Å²) < 4.78 is 24.9. The Morgan fingerprint density at radius 3 is 1.93 bits per heavy atom. The Balaban J connectivity index is 1.60. The van der Waals surface area contributed by atoms with Crippen molar-refractivity contribution in [2.75, 3.05) is 0 Å². The molecule has 0 radical (unpaired) electrons. The Kier molecular flexibility index (Phi) is 7.61. The molecule has 0 amide bonds. The molecule has 4 heteroatoms. The van der Waals surface area contributed by atoms with E-state index in [0.717, 1.165) is 43.2 Å². The van der Waals surface area contributed by atoms with Crippen molar-refractivity contribution in [3.05, 3.63) is 83.7 Å². The maximum absolute atomic E-state index is 14.5. The first-order valence-electron chi connectivity index (χ1n) is 10.5. The standard InChI is InChI=1S/C26H27FO3/c1-3-5-7-20-10-17-24(25(27)18-20)21-11-15-23(16-12-21)30-26(28)29-22-13-8-19(6-4-2)9-14-22/h8-18H,3-7H2,1-2H3. The first-order chi connectivity index (χ1) is 14.6. The first-order valence-corrected chi connectivity index (χ1v) is 10.5. The molecule has 0 saturated carbocycles. The molecule has 0 unspecified atom stereocenters. The molecule has 0 N–H and O–H groups in total. The zero-order valence-corrected chi connectivity index (χ0v) is 17.5. The number of ether oxygens (including phenoxy) is 2. The molecule has 156 valence electrons. The molecule has 0 spiro atoms. The Hall–Kier alpha value is -3.14. The minimum absolute atomic E-state index is 0.247. The Labute approximate surface area is 177 Å². The highest BCUT2D eigenvalue weighted by atomic mass is 19.1. The summed E-state index contributed by atoms with van der Waals surface area (Å²) in [6, 6.07) is 19.4. The Morgan fingerprint density at radius 2 is 1.37 bits per heavy atom. The van der Waals surface area contributed by atoms with Gasteiger partial charge in [0.05, 0.1) is 0 Å². The number of carbonyl (C=O) groups excluding carboxylic acids is 1. The average Bonchev–Trinajstić information content (AvgIpc) is 2.74. The molecule has 0 bridgehead atoms. The summed E-state index contributed by atoms with van der Waals surface area (Å²) in [6.45, 7) is 4.23. The van der Waals surface area contributed by atoms with Gasteiger partial charge in [0, 0.05) is 5.56 Å². The maximum Gasteiger partial charge on any atom is 0.519 e. The summed E-state index contributed by atoms with van der Waals surface area (Å²) >= 11 is 0. The third-order valence-corrected chi connectivity index (χ3v) is 4.88. The molecule has 0 aliphatic rings. The van der Waals surface area contributed by atoms with Gasteiger partial charge in [-0.3, -0.25) is 0 Å². The third kappa shape index (κ3) is 5.93. The van der Waals surface area contributed by atoms with Gasteiger partial charge in [0.25, 0.3) is 0 Å². The summed E-state index contributed by atoms with van der Waals surface area (Å²) in [7, 11) is 0. The average molecular weight is 406 g/mol. The van der Waals surface area contributed by atoms with Crippen LogP contribution in [0.5, 0.6) is 11.5 Å². The maximum atomic E-state index is 14.5. The highest BCUT2D eigenvalue weighted by Gasteiger charge is 2.10. The summed E-state index contributed by atoms with van der Waals surface area (Å²) in [5.41, 5.74) is 3.45. The van der Waals surface area contributed by atoms with Crippen LogP contribution in [-0.4, -0.2) is 6.16 Å². The number of rotatable bonds is 8. The van der Waals surface area contributed by atoms with E-state index in [-0.39, 0.29) is 5.82 Å². The molecule has 0 heterocycles. The van der Waals surface area contributed by atoms with Crippen LogP contribution < -0.4 is 9.47 Å². The second kappa shape index (κ2) is 10.6. The topological polar surface area (TPSA) is 35.5 Å². The molecule has 0 saturated heterocycles. The van der Waals surface area contributed by atoms with Crippen molar-refractivity contribution in [2.45, 2.75) is 46.0 Å². The van der Waals surface area contributed by atoms with Crippen LogP contribution in [0.1, 0.15) is 44.2 Å². The van der Waals surface area contributed by atoms with E-state index in [4.69, 9.17) is 9.47 Å². The van der Waals surface area contributed by atoms with Gasteiger partial charge in [-0.25, -0.2) is 9.18 Å². The van der Waals surface area contributed by atoms with Gasteiger partial charge in [-0.05, 0) is 66.3 Å². The van der Waals surface area contributed by atoms with Crippen LogP contribution in [0.25, 0.3) is 11.1 Å². The van der Waals surface area contributed by atoms with Crippen molar-refractivity contribution in [3.8, 4) is 22.6 Å². The van der Waals surface area contributed by atoms with Crippen molar-refractivity contribution in [3.63, 3.8) is 0 Å². The fourth-order valence-corrected chi connectivity index (χ4v) is 3.26. The fourth-order valence-electron chi connectivity index (χ4n) is 3.26. The molecule has 0 aromatic heterocycles. The molecule has 3 aromatic rings. The van der Waals surface area contributed by atoms with Crippen molar-refractivity contribution in [1.82, 2.24) is 0 Å². The van der Waals surface area contributed by atoms with Crippen LogP contribution in [0.4, 0.5) is 9.18 Å². The van der Waals surface area contributed by atoms with Gasteiger partial charge >= 0.3 is 6.16 Å². The molecular weight excluding hydrogens is 379 g/mol. The highest BCUT2D eigenvalue weighted by molar-refractivity contribution is 5.69. The monoisotopic (exact) mass is 406 g/mol. The van der Waals surface area contributed by atoms with Crippen LogP contribution in [0.2, 0.25) is 0 Å². The van der Waals surface area contributed by atoms with Gasteiger partial charge in [0.15, 0.2) is 0 Å². The van der Waals surface area contributed by atoms with Crippen LogP contribution in [-0.2, 0) is 12.8 Å². The van der Waals surface area contributed by atoms with Crippen molar-refractivity contribution >= 4 is 6.16 Å². The van der Waals surface area contributed by atoms with Gasteiger partial charge in [0.1, 0.15) is 17.3 Å². The number of carbonyl (C=O) groups is 1. The summed E-state index contributed by atoms with van der Waals surface area (Å²) in [5, 5.41) is 0. The zero-order valence-electron chi connectivity index (χ0n) is 17.5. The molecule has 3 nitrogen and oxygen atoms in total. The van der Waals surface area contributed by atoms with E-state index in [0.29, 0.717) is 17.1 Å². The molecular formula is C26H27FO3. The van der Waals surface area contributed by atoms with E-state index in [1.807, 2.05) is 18.2 Å². The van der Waals surface area contributed by atoms with E-state index < -0.39 is 6.16 Å². The molecule has 3 aromatic carbocycles. The number of aryl methyl sites for hydroxylation is 2. The molecule has 30 heavy (non-hydrogen) atoms. The van der Waals surface area contributed by atoms with Gasteiger partial charge < -0.3 is 9.47 Å². The summed E-state index contributed by atoms with van der Waals surface area (Å²) in [5.74, 6) is 0.524. The summed E-state index contributed by atoms with van der Waals surface area (Å²) in [4.78, 5) is 12.0. The lowest BCUT2D eigenvalue weighted by atomic mass is 10.0. The van der Waals surface area contributed by atoms with Crippen molar-refractivity contribution in [1.29, 1.82) is 0 Å². The van der Waals surface area contributed by atoms with Crippen LogP contribution in [0.3, 0.4) is 0 Å². The first kappa shape index (κ1) is 21.6. The van der Waals surface area contributed by atoms with Gasteiger partial charge in [-0.15, -0.1) is 0 Å². The minimum atomic E-state index is -0.808. The zero-order chi connectivity index (χ0) is 21.3. The normalized spacial score (nSPS) is 10.6. The summed E-state index contributed by atoms with van der Waals surface area (Å²) in [6.07, 6.45) is 4.24. The quantitative estimate of drug-likeness (QED) is 0.289. The number of hydrogen-bond acceptors (Lipinski definition) is 3. The predicted octanol–water partition coefficient (Wildman–Crippen LogP) is 7.37. The van der Waals surface area contributed by atoms with Crippen molar-refractivity contribution < 1.29 is 18.7 Å². The Bertz CT molecular complexity index is 963. The fraction of sp³-hybridized carbons (Fsp3) is 0.269. The van der Waals surface area contributed by atoms with Gasteiger partial charge in [-0.1, -0.05) is 63.1 Å². The van der Waals surface area contributed by atoms with Crippen LogP contribution >= 0.6 is 0 Å². The predicted molar refractivity (Wildman–Crippen MR) is 118 cm³/mol. The third-order valence-electron chi connectivity index (χ3n) is 4.88. The van der Waals surface area contributed by atoms with E-state index in [1.54, 1.807) is 48.5 Å².